The van der Waals surface area contributed by atoms with E-state index >= 15 is 0 Å². The van der Waals surface area contributed by atoms with Gasteiger partial charge >= 0.3 is 0 Å². The number of Topliss-reactive ketones (excluding diaryl/α,β-unsaturated/α-hetero) is 1. The summed E-state index contributed by atoms with van der Waals surface area (Å²) in [6.07, 6.45) is 1.77. The molecule has 1 spiro atoms. The number of ether oxygens (including phenoxy) is 1. The van der Waals surface area contributed by atoms with Gasteiger partial charge in [-0.05, 0) is 42.4 Å². The number of halogens is 1. The topological polar surface area (TPSA) is 156 Å². The maximum atomic E-state index is 14.7. The van der Waals surface area contributed by atoms with Crippen molar-refractivity contribution in [1.29, 1.82) is 0 Å². The van der Waals surface area contributed by atoms with Crippen LogP contribution in [0.1, 0.15) is 83.5 Å². The maximum Gasteiger partial charge on any atom is 0.289 e. The number of hydrogen-bond acceptors (Lipinski definition) is 8. The van der Waals surface area contributed by atoms with Gasteiger partial charge in [0.2, 0.25) is 17.6 Å². The number of nitrogens with one attached hydrogen (secondary N) is 3. The number of benzene rings is 2. The molecule has 4 amide bonds. The number of methoxy groups -OCH3 is 1. The Kier molecular flexibility index (Phi) is 11.3. The average Bonchev–Trinajstić information content (AvgIpc) is 3.67. The van der Waals surface area contributed by atoms with Crippen LogP contribution in [0, 0.1) is 5.41 Å². The van der Waals surface area contributed by atoms with Crippen LogP contribution in [0.2, 0.25) is 5.02 Å². The molecule has 13 heteroatoms. The zero-order valence-corrected chi connectivity index (χ0v) is 29.9. The molecule has 268 valence electrons. The highest BCUT2D eigenvalue weighted by atomic mass is 35.5. The number of amides is 4. The molecule has 4 unspecified atom stereocenters. The van der Waals surface area contributed by atoms with Crippen LogP contribution in [-0.2, 0) is 33.5 Å². The Bertz CT molecular complexity index is 1640. The second-order valence-electron chi connectivity index (χ2n) is 14.5. The number of carbonyl (C=O) groups excluding carboxylic acids is 5. The van der Waals surface area contributed by atoms with Gasteiger partial charge in [-0.1, -0.05) is 93.3 Å². The smallest absolute Gasteiger partial charge is 0.289 e. The Morgan fingerprint density at radius 1 is 1.06 bits per heavy atom. The molecule has 50 heavy (non-hydrogen) atoms. The first-order valence-electron chi connectivity index (χ1n) is 17.1. The van der Waals surface area contributed by atoms with Crippen molar-refractivity contribution in [3.63, 3.8) is 0 Å². The minimum Gasteiger partial charge on any atom is -0.387 e. The van der Waals surface area contributed by atoms with Gasteiger partial charge in [0.1, 0.15) is 12.1 Å². The van der Waals surface area contributed by atoms with Crippen LogP contribution in [0.3, 0.4) is 0 Å². The quantitative estimate of drug-likeness (QED) is 0.267. The van der Waals surface area contributed by atoms with E-state index in [9.17, 15) is 24.0 Å². The van der Waals surface area contributed by atoms with Crippen LogP contribution >= 0.6 is 11.6 Å². The summed E-state index contributed by atoms with van der Waals surface area (Å²) in [7, 11) is 1.42. The Balaban J connectivity index is 1.42. The summed E-state index contributed by atoms with van der Waals surface area (Å²) in [6.45, 7) is 7.30. The summed E-state index contributed by atoms with van der Waals surface area (Å²) in [5, 5.41) is 13.3. The third-order valence-corrected chi connectivity index (χ3v) is 9.54. The molecule has 2 heterocycles. The van der Waals surface area contributed by atoms with Crippen molar-refractivity contribution in [3.8, 4) is 0 Å². The van der Waals surface area contributed by atoms with Crippen LogP contribution in [0.4, 0.5) is 0 Å². The fourth-order valence-corrected chi connectivity index (χ4v) is 6.66. The normalized spacial score (nSPS) is 21.8. The van der Waals surface area contributed by atoms with Crippen LogP contribution < -0.4 is 16.0 Å². The highest BCUT2D eigenvalue weighted by Crippen LogP contribution is 2.40. The van der Waals surface area contributed by atoms with Crippen molar-refractivity contribution in [2.24, 2.45) is 10.6 Å². The Morgan fingerprint density at radius 2 is 1.78 bits per heavy atom. The number of ketones is 1. The van der Waals surface area contributed by atoms with E-state index in [0.717, 1.165) is 18.4 Å². The molecule has 0 radical (unpaired) electrons. The molecule has 3 aliphatic rings. The van der Waals surface area contributed by atoms with Gasteiger partial charge in [0, 0.05) is 36.6 Å². The highest BCUT2D eigenvalue weighted by molar-refractivity contribution is 6.38. The number of oxime groups is 1. The van der Waals surface area contributed by atoms with Gasteiger partial charge in [-0.3, -0.25) is 24.0 Å². The van der Waals surface area contributed by atoms with Gasteiger partial charge in [-0.25, -0.2) is 0 Å². The number of carbonyl (C=O) groups is 5. The Labute approximate surface area is 297 Å². The summed E-state index contributed by atoms with van der Waals surface area (Å²) < 4.78 is 5.54. The molecular formula is C37H46ClN5O7. The van der Waals surface area contributed by atoms with E-state index in [4.69, 9.17) is 21.2 Å². The largest absolute Gasteiger partial charge is 0.387 e. The van der Waals surface area contributed by atoms with E-state index in [1.807, 2.05) is 39.8 Å². The molecular weight excluding hydrogens is 662 g/mol. The van der Waals surface area contributed by atoms with Crippen molar-refractivity contribution in [2.45, 2.75) is 102 Å². The molecule has 12 nitrogen and oxygen atoms in total. The van der Waals surface area contributed by atoms with Crippen molar-refractivity contribution >= 4 is 46.7 Å². The van der Waals surface area contributed by atoms with Crippen LogP contribution in [-0.4, -0.2) is 83.4 Å². The lowest BCUT2D eigenvalue weighted by Crippen LogP contribution is -2.59. The first-order valence-corrected chi connectivity index (χ1v) is 17.5. The molecule has 5 atom stereocenters. The first-order chi connectivity index (χ1) is 23.7. The molecule has 1 saturated heterocycles. The monoisotopic (exact) mass is 707 g/mol. The maximum absolute atomic E-state index is 14.7. The average molecular weight is 708 g/mol. The molecule has 0 bridgehead atoms. The van der Waals surface area contributed by atoms with Crippen LogP contribution in [0.25, 0.3) is 0 Å². The summed E-state index contributed by atoms with van der Waals surface area (Å²) >= 11 is 6.25. The molecule has 2 aromatic rings. The van der Waals surface area contributed by atoms with E-state index in [1.165, 1.54) is 12.0 Å². The van der Waals surface area contributed by atoms with Crippen molar-refractivity contribution in [1.82, 2.24) is 20.9 Å². The minimum absolute atomic E-state index is 0.0130. The van der Waals surface area contributed by atoms with Crippen LogP contribution in [0.5, 0.6) is 0 Å². The van der Waals surface area contributed by atoms with Gasteiger partial charge in [0.15, 0.2) is 11.7 Å². The summed E-state index contributed by atoms with van der Waals surface area (Å²) in [4.78, 5) is 75.8. The van der Waals surface area contributed by atoms with Gasteiger partial charge in [0.05, 0.1) is 18.3 Å². The van der Waals surface area contributed by atoms with Crippen molar-refractivity contribution in [2.75, 3.05) is 13.7 Å². The molecule has 1 saturated carbocycles. The third kappa shape index (κ3) is 8.53. The minimum atomic E-state index is -1.09. The number of nitrogens with zero attached hydrogens (tertiary/aromatic N) is 2. The zero-order valence-electron chi connectivity index (χ0n) is 29.2. The van der Waals surface area contributed by atoms with Gasteiger partial charge in [-0.2, -0.15) is 0 Å². The fraction of sp³-hybridized carbons (Fsp3) is 0.514. The first kappa shape index (κ1) is 37.0. The molecule has 2 aromatic carbocycles. The van der Waals surface area contributed by atoms with E-state index in [-0.39, 0.29) is 31.8 Å². The predicted octanol–water partition coefficient (Wildman–Crippen LogP) is 3.86. The summed E-state index contributed by atoms with van der Waals surface area (Å²) in [6, 6.07) is 12.8. The predicted molar refractivity (Wildman–Crippen MR) is 187 cm³/mol. The van der Waals surface area contributed by atoms with E-state index in [0.29, 0.717) is 22.7 Å². The SMILES string of the molecule is CCCC(NC(=O)C1C[C@]2(CC(c3cccc(Cl)c3)=NO2)CN1C(=O)C(NC(=O)C(OC)c1ccccc1)C(C)(C)C)C(=O)C(=O)NC1CC1. The number of rotatable bonds is 13. The molecule has 1 aliphatic carbocycles. The van der Waals surface area contributed by atoms with Gasteiger partial charge in [-0.15, -0.1) is 0 Å². The molecule has 0 aromatic heterocycles. The number of hydrogen-bond donors (Lipinski definition) is 3. The lowest BCUT2D eigenvalue weighted by atomic mass is 9.85. The van der Waals surface area contributed by atoms with E-state index in [1.54, 1.807) is 42.5 Å². The van der Waals surface area contributed by atoms with Crippen molar-refractivity contribution < 1.29 is 33.5 Å². The van der Waals surface area contributed by atoms with E-state index < -0.39 is 64.7 Å². The van der Waals surface area contributed by atoms with E-state index in [2.05, 4.69) is 21.1 Å². The zero-order chi connectivity index (χ0) is 36.2. The van der Waals surface area contributed by atoms with Gasteiger partial charge in [0.25, 0.3) is 11.8 Å². The third-order valence-electron chi connectivity index (χ3n) is 9.31. The molecule has 5 rings (SSSR count). The molecule has 2 fully saturated rings. The Hall–Kier alpha value is -4.29. The lowest BCUT2D eigenvalue weighted by Gasteiger charge is -2.36. The standard InChI is InChI=1S/C37H46ClN5O7/c1-6-11-26(29(44)33(46)39-25-16-17-25)40-32(45)28-20-37(19-27(42-50-37)23-14-10-15-24(38)18-23)21-43(28)35(48)31(36(2,3)4)41-34(47)30(49-5)22-12-8-7-9-13-22/h7-10,12-15,18,25-26,28,30-31H,6,11,16-17,19-21H2,1-5H3,(H,39,46)(H,40,45)(H,41,47)/t26?,28?,30?,31?,37-/m1/s1. The molecule has 2 aliphatic heterocycles. The summed E-state index contributed by atoms with van der Waals surface area (Å²) in [5.74, 6) is -3.08. The second-order valence-corrected chi connectivity index (χ2v) is 14.9. The van der Waals surface area contributed by atoms with Crippen LogP contribution in [0.15, 0.2) is 59.8 Å². The second kappa shape index (κ2) is 15.3. The van der Waals surface area contributed by atoms with Crippen molar-refractivity contribution in [3.05, 3.63) is 70.7 Å². The summed E-state index contributed by atoms with van der Waals surface area (Å²) in [5.41, 5.74) is 0.130. The number of likely N-dealkylation sites (tertiary alicyclic amines) is 1. The Morgan fingerprint density at radius 3 is 2.40 bits per heavy atom. The van der Waals surface area contributed by atoms with Gasteiger partial charge < -0.3 is 30.4 Å². The highest BCUT2D eigenvalue weighted by Gasteiger charge is 2.56. The molecule has 3 N–H and O–H groups in total. The lowest BCUT2D eigenvalue weighted by molar-refractivity contribution is -0.146. The fourth-order valence-electron chi connectivity index (χ4n) is 6.47.